The average molecular weight is 289 g/mol. The van der Waals surface area contributed by atoms with Crippen molar-refractivity contribution in [2.24, 2.45) is 5.41 Å². The van der Waals surface area contributed by atoms with Crippen LogP contribution in [0.25, 0.3) is 11.0 Å². The molecular weight excluding hydrogens is 266 g/mol. The van der Waals surface area contributed by atoms with Crippen molar-refractivity contribution in [2.75, 3.05) is 20.3 Å². The summed E-state index contributed by atoms with van der Waals surface area (Å²) < 4.78 is 11.2. The van der Waals surface area contributed by atoms with Gasteiger partial charge >= 0.3 is 0 Å². The molecule has 3 rings (SSSR count). The molecule has 1 heterocycles. The van der Waals surface area contributed by atoms with Gasteiger partial charge in [0.15, 0.2) is 11.3 Å². The summed E-state index contributed by atoms with van der Waals surface area (Å²) in [4.78, 5) is 0. The number of aliphatic hydroxyl groups excluding tert-OH is 1. The summed E-state index contributed by atoms with van der Waals surface area (Å²) >= 11 is 0. The summed E-state index contributed by atoms with van der Waals surface area (Å²) in [6, 6.07) is 7.94. The molecule has 4 heteroatoms. The van der Waals surface area contributed by atoms with E-state index in [1.165, 1.54) is 12.8 Å². The number of furan rings is 1. The molecule has 0 spiro atoms. The fraction of sp³-hybridized carbons (Fsp3) is 0.529. The van der Waals surface area contributed by atoms with Gasteiger partial charge in [-0.15, -0.1) is 0 Å². The van der Waals surface area contributed by atoms with Crippen LogP contribution in [0.2, 0.25) is 0 Å². The zero-order chi connectivity index (χ0) is 14.7. The Labute approximate surface area is 125 Å². The first-order valence-corrected chi connectivity index (χ1v) is 7.63. The van der Waals surface area contributed by atoms with Crippen LogP contribution in [-0.2, 0) is 6.54 Å². The number of nitrogens with one attached hydrogen (secondary N) is 1. The van der Waals surface area contributed by atoms with Gasteiger partial charge in [-0.1, -0.05) is 25.0 Å². The Balaban J connectivity index is 1.65. The molecular formula is C17H23NO3. The maximum atomic E-state index is 9.62. The van der Waals surface area contributed by atoms with Crippen molar-refractivity contribution in [3.63, 3.8) is 0 Å². The van der Waals surface area contributed by atoms with Crippen LogP contribution < -0.4 is 10.1 Å². The second-order valence-electron chi connectivity index (χ2n) is 6.06. The third kappa shape index (κ3) is 2.92. The number of hydrogen-bond donors (Lipinski definition) is 2. The number of aliphatic hydroxyl groups is 1. The summed E-state index contributed by atoms with van der Waals surface area (Å²) in [5, 5.41) is 14.1. The first kappa shape index (κ1) is 14.4. The Hall–Kier alpha value is -1.52. The molecule has 1 saturated carbocycles. The van der Waals surface area contributed by atoms with Crippen molar-refractivity contribution in [3.05, 3.63) is 30.0 Å². The smallest absolute Gasteiger partial charge is 0.176 e. The highest BCUT2D eigenvalue weighted by Gasteiger charge is 2.32. The second-order valence-corrected chi connectivity index (χ2v) is 6.06. The molecule has 0 radical (unpaired) electrons. The van der Waals surface area contributed by atoms with Gasteiger partial charge in [0, 0.05) is 24.0 Å². The van der Waals surface area contributed by atoms with Gasteiger partial charge in [-0.25, -0.2) is 0 Å². The molecule has 0 atom stereocenters. The SMILES string of the molecule is COc1cccc2cc(CNCC3(CO)CCCC3)oc12. The molecule has 1 fully saturated rings. The Kier molecular flexibility index (Phi) is 4.17. The van der Waals surface area contributed by atoms with E-state index in [1.807, 2.05) is 24.3 Å². The highest BCUT2D eigenvalue weighted by Crippen LogP contribution is 2.37. The van der Waals surface area contributed by atoms with Crippen LogP contribution in [0.5, 0.6) is 5.75 Å². The van der Waals surface area contributed by atoms with E-state index in [9.17, 15) is 5.11 Å². The number of fused-ring (bicyclic) bond motifs is 1. The predicted octanol–water partition coefficient (Wildman–Crippen LogP) is 3.08. The average Bonchev–Trinajstić information content (AvgIpc) is 3.13. The third-order valence-corrected chi connectivity index (χ3v) is 4.58. The molecule has 1 aromatic carbocycles. The number of hydrogen-bond acceptors (Lipinski definition) is 4. The van der Waals surface area contributed by atoms with Crippen LogP contribution in [0.15, 0.2) is 28.7 Å². The molecule has 2 aromatic rings. The Morgan fingerprint density at radius 1 is 1.33 bits per heavy atom. The van der Waals surface area contributed by atoms with Crippen molar-refractivity contribution < 1.29 is 14.3 Å². The molecule has 0 aliphatic heterocycles. The summed E-state index contributed by atoms with van der Waals surface area (Å²) in [5.74, 6) is 1.67. The zero-order valence-corrected chi connectivity index (χ0v) is 12.5. The summed E-state index contributed by atoms with van der Waals surface area (Å²) in [6.07, 6.45) is 4.68. The van der Waals surface area contributed by atoms with E-state index in [1.54, 1.807) is 7.11 Å². The highest BCUT2D eigenvalue weighted by molar-refractivity contribution is 5.83. The summed E-state index contributed by atoms with van der Waals surface area (Å²) in [5.41, 5.74) is 0.874. The molecule has 4 nitrogen and oxygen atoms in total. The molecule has 1 aromatic heterocycles. The van der Waals surface area contributed by atoms with Crippen molar-refractivity contribution in [1.29, 1.82) is 0 Å². The maximum absolute atomic E-state index is 9.62. The number of para-hydroxylation sites is 1. The van der Waals surface area contributed by atoms with E-state index < -0.39 is 0 Å². The van der Waals surface area contributed by atoms with E-state index in [0.29, 0.717) is 6.54 Å². The van der Waals surface area contributed by atoms with E-state index in [4.69, 9.17) is 9.15 Å². The van der Waals surface area contributed by atoms with Gasteiger partial charge < -0.3 is 19.6 Å². The van der Waals surface area contributed by atoms with E-state index >= 15 is 0 Å². The van der Waals surface area contributed by atoms with Gasteiger partial charge in [0.1, 0.15) is 5.76 Å². The molecule has 114 valence electrons. The van der Waals surface area contributed by atoms with Gasteiger partial charge in [0.25, 0.3) is 0 Å². The Morgan fingerprint density at radius 3 is 2.86 bits per heavy atom. The van der Waals surface area contributed by atoms with Gasteiger partial charge in [-0.05, 0) is 25.0 Å². The molecule has 0 amide bonds. The Morgan fingerprint density at radius 2 is 2.14 bits per heavy atom. The largest absolute Gasteiger partial charge is 0.493 e. The van der Waals surface area contributed by atoms with Crippen molar-refractivity contribution in [3.8, 4) is 5.75 Å². The third-order valence-electron chi connectivity index (χ3n) is 4.58. The molecule has 0 unspecified atom stereocenters. The molecule has 1 aliphatic rings. The fourth-order valence-corrected chi connectivity index (χ4v) is 3.30. The first-order chi connectivity index (χ1) is 10.3. The van der Waals surface area contributed by atoms with E-state index in [0.717, 1.165) is 41.9 Å². The fourth-order valence-electron chi connectivity index (χ4n) is 3.30. The lowest BCUT2D eigenvalue weighted by Crippen LogP contribution is -2.34. The van der Waals surface area contributed by atoms with Crippen LogP contribution in [0.3, 0.4) is 0 Å². The minimum Gasteiger partial charge on any atom is -0.493 e. The maximum Gasteiger partial charge on any atom is 0.176 e. The minimum absolute atomic E-state index is 0.0731. The van der Waals surface area contributed by atoms with Crippen molar-refractivity contribution >= 4 is 11.0 Å². The highest BCUT2D eigenvalue weighted by atomic mass is 16.5. The lowest BCUT2D eigenvalue weighted by atomic mass is 9.87. The van der Waals surface area contributed by atoms with E-state index in [2.05, 4.69) is 5.32 Å². The monoisotopic (exact) mass is 289 g/mol. The normalized spacial score (nSPS) is 17.4. The number of benzene rings is 1. The van der Waals surface area contributed by atoms with E-state index in [-0.39, 0.29) is 12.0 Å². The van der Waals surface area contributed by atoms with Gasteiger partial charge in [-0.2, -0.15) is 0 Å². The molecule has 0 bridgehead atoms. The molecule has 0 saturated heterocycles. The number of rotatable bonds is 6. The lowest BCUT2D eigenvalue weighted by Gasteiger charge is -2.26. The van der Waals surface area contributed by atoms with Gasteiger partial charge in [0.2, 0.25) is 0 Å². The Bertz CT molecular complexity index is 599. The van der Waals surface area contributed by atoms with Gasteiger partial charge in [-0.3, -0.25) is 0 Å². The number of methoxy groups -OCH3 is 1. The van der Waals surface area contributed by atoms with Crippen molar-refractivity contribution in [1.82, 2.24) is 5.32 Å². The van der Waals surface area contributed by atoms with Crippen LogP contribution in [-0.4, -0.2) is 25.4 Å². The van der Waals surface area contributed by atoms with Crippen LogP contribution in [0.4, 0.5) is 0 Å². The number of ether oxygens (including phenoxy) is 1. The van der Waals surface area contributed by atoms with Crippen LogP contribution in [0, 0.1) is 5.41 Å². The van der Waals surface area contributed by atoms with Crippen LogP contribution in [0.1, 0.15) is 31.4 Å². The molecule has 1 aliphatic carbocycles. The minimum atomic E-state index is 0.0731. The van der Waals surface area contributed by atoms with Gasteiger partial charge in [0.05, 0.1) is 13.7 Å². The standard InChI is InChI=1S/C17H23NO3/c1-20-15-6-4-5-13-9-14(21-16(13)15)10-18-11-17(12-19)7-2-3-8-17/h4-6,9,18-19H,2-3,7-8,10-12H2,1H3. The molecule has 2 N–H and O–H groups in total. The first-order valence-electron chi connectivity index (χ1n) is 7.63. The summed E-state index contributed by atoms with van der Waals surface area (Å²) in [7, 11) is 1.65. The topological polar surface area (TPSA) is 54.6 Å². The lowest BCUT2D eigenvalue weighted by molar-refractivity contribution is 0.127. The predicted molar refractivity (Wildman–Crippen MR) is 82.5 cm³/mol. The zero-order valence-electron chi connectivity index (χ0n) is 12.5. The van der Waals surface area contributed by atoms with Crippen molar-refractivity contribution in [2.45, 2.75) is 32.2 Å². The van der Waals surface area contributed by atoms with Crippen LogP contribution >= 0.6 is 0 Å². The summed E-state index contributed by atoms with van der Waals surface area (Å²) in [6.45, 7) is 1.80. The quantitative estimate of drug-likeness (QED) is 0.858. The molecule has 21 heavy (non-hydrogen) atoms. The second kappa shape index (κ2) is 6.08.